The number of aromatic carboxylic acids is 1. The number of carbonyl (C=O) groups excluding carboxylic acids is 1. The van der Waals surface area contributed by atoms with Gasteiger partial charge in [0.15, 0.2) is 11.4 Å². The van der Waals surface area contributed by atoms with E-state index in [1.54, 1.807) is 0 Å². The van der Waals surface area contributed by atoms with Gasteiger partial charge in [0.05, 0.1) is 7.05 Å². The van der Waals surface area contributed by atoms with Crippen LogP contribution < -0.4 is 9.62 Å². The first kappa shape index (κ1) is 18.6. The molecule has 1 atom stereocenters. The first-order chi connectivity index (χ1) is 12.5. The van der Waals surface area contributed by atoms with E-state index in [1.165, 1.54) is 49.4 Å². The Morgan fingerprint density at radius 3 is 2.30 bits per heavy atom. The van der Waals surface area contributed by atoms with Crippen molar-refractivity contribution >= 4 is 33.3 Å². The van der Waals surface area contributed by atoms with E-state index in [9.17, 15) is 28.2 Å². The van der Waals surface area contributed by atoms with Crippen LogP contribution >= 0.6 is 0 Å². The average molecular weight is 389 g/mol. The van der Waals surface area contributed by atoms with Crippen LogP contribution in [-0.4, -0.2) is 37.6 Å². The van der Waals surface area contributed by atoms with Crippen molar-refractivity contribution in [1.29, 1.82) is 0 Å². The van der Waals surface area contributed by atoms with Crippen LogP contribution in [0.15, 0.2) is 53.1 Å². The van der Waals surface area contributed by atoms with Gasteiger partial charge in [-0.05, 0) is 24.6 Å². The summed E-state index contributed by atoms with van der Waals surface area (Å²) in [7, 11) is -3.25. The lowest BCUT2D eigenvalue weighted by Gasteiger charge is -2.36. The molecule has 0 saturated heterocycles. The van der Waals surface area contributed by atoms with Crippen molar-refractivity contribution in [2.75, 3.05) is 7.05 Å². The summed E-state index contributed by atoms with van der Waals surface area (Å²) < 4.78 is 25.7. The Morgan fingerprint density at radius 2 is 1.70 bits per heavy atom. The van der Waals surface area contributed by atoms with Crippen LogP contribution in [-0.2, 0) is 14.8 Å². The molecule has 27 heavy (non-hydrogen) atoms. The minimum Gasteiger partial charge on any atom is -0.502 e. The van der Waals surface area contributed by atoms with Crippen LogP contribution in [0.1, 0.15) is 21.5 Å². The summed E-state index contributed by atoms with van der Waals surface area (Å²) in [5.41, 5.74) is 4.56. The van der Waals surface area contributed by atoms with Crippen molar-refractivity contribution in [2.45, 2.75) is 11.8 Å². The fraction of sp³-hybridized carbons (Fsp3) is 0.111. The molecule has 1 aliphatic rings. The number of fused-ring (bicyclic) bond motifs is 1. The topological polar surface area (TPSA) is 135 Å². The number of carbonyl (C=O) groups is 2. The summed E-state index contributed by atoms with van der Waals surface area (Å²) in [5, 5.41) is 20.3. The maximum atomic E-state index is 13.5. The lowest BCUT2D eigenvalue weighted by molar-refractivity contribution is -0.115. The van der Waals surface area contributed by atoms with Crippen molar-refractivity contribution in [3.63, 3.8) is 0 Å². The summed E-state index contributed by atoms with van der Waals surface area (Å²) in [5.74, 6) is -3.14. The van der Waals surface area contributed by atoms with Crippen molar-refractivity contribution in [3.8, 4) is 0 Å². The minimum absolute atomic E-state index is 0.0635. The van der Waals surface area contributed by atoms with E-state index >= 15 is 0 Å². The molecule has 1 amide bonds. The number of aliphatic hydroxyl groups excluding tert-OH is 1. The number of aliphatic hydroxyl groups is 1. The highest BCUT2D eigenvalue weighted by atomic mass is 32.2. The molecular formula is C18H17N2O6S+. The second kappa shape index (κ2) is 5.93. The molecule has 9 heteroatoms. The molecule has 1 unspecified atom stereocenters. The Morgan fingerprint density at radius 1 is 1.07 bits per heavy atom. The largest absolute Gasteiger partial charge is 0.502 e. The molecule has 0 fully saturated rings. The molecule has 0 aliphatic carbocycles. The third kappa shape index (κ3) is 2.36. The fourth-order valence-corrected chi connectivity index (χ4v) is 5.31. The van der Waals surface area contributed by atoms with E-state index in [0.717, 1.165) is 7.05 Å². The zero-order valence-electron chi connectivity index (χ0n) is 14.5. The summed E-state index contributed by atoms with van der Waals surface area (Å²) in [6.45, 7) is 1.51. The molecule has 0 saturated carbocycles. The van der Waals surface area contributed by atoms with Crippen LogP contribution in [0.5, 0.6) is 0 Å². The van der Waals surface area contributed by atoms with Crippen molar-refractivity contribution in [2.24, 2.45) is 5.73 Å². The van der Waals surface area contributed by atoms with E-state index in [2.05, 4.69) is 0 Å². The zero-order chi connectivity index (χ0) is 20.1. The first-order valence-electron chi connectivity index (χ1n) is 7.83. The van der Waals surface area contributed by atoms with Gasteiger partial charge in [-0.15, -0.1) is 3.89 Å². The number of hydrogen-bond donors (Lipinski definition) is 3. The van der Waals surface area contributed by atoms with Gasteiger partial charge in [0.2, 0.25) is 0 Å². The molecular weight excluding hydrogens is 372 g/mol. The van der Waals surface area contributed by atoms with Crippen LogP contribution in [0.4, 0.5) is 5.69 Å². The third-order valence-electron chi connectivity index (χ3n) is 4.71. The van der Waals surface area contributed by atoms with Gasteiger partial charge in [-0.1, -0.05) is 24.3 Å². The summed E-state index contributed by atoms with van der Waals surface area (Å²) in [6, 6.07) is 9.89. The van der Waals surface area contributed by atoms with E-state index in [4.69, 9.17) is 5.73 Å². The molecule has 0 radical (unpaired) electrons. The molecule has 4 N–H and O–H groups in total. The van der Waals surface area contributed by atoms with Gasteiger partial charge in [-0.25, -0.2) is 4.79 Å². The third-order valence-corrected chi connectivity index (χ3v) is 6.96. The summed E-state index contributed by atoms with van der Waals surface area (Å²) >= 11 is 0. The lowest BCUT2D eigenvalue weighted by Crippen LogP contribution is -2.55. The van der Waals surface area contributed by atoms with Crippen LogP contribution in [0.2, 0.25) is 0 Å². The minimum atomic E-state index is -4.38. The molecule has 1 heterocycles. The number of nitrogens with zero attached hydrogens (tertiary/aromatic N) is 1. The van der Waals surface area contributed by atoms with Crippen LogP contribution in [0, 0.1) is 6.92 Å². The standard InChI is InChI=1S/C18H16N2O6S/c1-10-6-5-8-12(14(10)18(23)24)20(2)15(17(19)22)16(21)11-7-3-4-9-13(11)27(20,25)26/h3-9H,1-2H3,(H3-,19,21,22,23,24)/p+1. The van der Waals surface area contributed by atoms with Gasteiger partial charge in [-0.3, -0.25) is 4.79 Å². The number of carboxylic acid groups (broad SMARTS) is 1. The molecule has 0 aromatic heterocycles. The van der Waals surface area contributed by atoms with Crippen LogP contribution in [0.3, 0.4) is 0 Å². The van der Waals surface area contributed by atoms with Gasteiger partial charge >= 0.3 is 21.9 Å². The average Bonchev–Trinajstić information content (AvgIpc) is 2.59. The van der Waals surface area contributed by atoms with Crippen molar-refractivity contribution < 1.29 is 28.2 Å². The van der Waals surface area contributed by atoms with Gasteiger partial charge in [0, 0.05) is 11.6 Å². The monoisotopic (exact) mass is 389 g/mol. The molecule has 140 valence electrons. The molecule has 2 aromatic carbocycles. The van der Waals surface area contributed by atoms with Gasteiger partial charge in [0.1, 0.15) is 10.5 Å². The number of sulfonamides is 1. The Labute approximate surface area is 155 Å². The maximum Gasteiger partial charge on any atom is 0.342 e. The number of carboxylic acids is 1. The SMILES string of the molecule is Cc1cccc([N+]2(C)C(C(N)=O)=C(O)c3ccccc3S2(=O)=O)c1C(=O)O. The molecule has 1 aliphatic heterocycles. The fourth-order valence-electron chi connectivity index (χ4n) is 3.40. The number of nitrogens with two attached hydrogens (primary N) is 1. The number of quaternary nitrogens is 1. The van der Waals surface area contributed by atoms with Gasteiger partial charge in [-0.2, -0.15) is 8.42 Å². The molecule has 3 rings (SSSR count). The lowest BCUT2D eigenvalue weighted by atomic mass is 10.0. The van der Waals surface area contributed by atoms with E-state index in [0.29, 0.717) is 5.56 Å². The number of likely N-dealkylation sites (N-methyl/N-ethyl adjacent to an activating group) is 1. The molecule has 0 spiro atoms. The number of hydrogen-bond acceptors (Lipinski definition) is 5. The molecule has 8 nitrogen and oxygen atoms in total. The van der Waals surface area contributed by atoms with E-state index in [-0.39, 0.29) is 21.7 Å². The number of amides is 1. The van der Waals surface area contributed by atoms with Crippen molar-refractivity contribution in [3.05, 3.63) is 64.9 Å². The van der Waals surface area contributed by atoms with E-state index in [1.807, 2.05) is 0 Å². The number of benzene rings is 2. The molecule has 0 bridgehead atoms. The maximum absolute atomic E-state index is 13.5. The summed E-state index contributed by atoms with van der Waals surface area (Å²) in [6.07, 6.45) is 0. The Balaban J connectivity index is 2.56. The van der Waals surface area contributed by atoms with Gasteiger partial charge in [0.25, 0.3) is 5.70 Å². The molecule has 2 aromatic rings. The Bertz CT molecular complexity index is 1140. The van der Waals surface area contributed by atoms with Gasteiger partial charge < -0.3 is 15.9 Å². The first-order valence-corrected chi connectivity index (χ1v) is 9.27. The highest BCUT2D eigenvalue weighted by Crippen LogP contribution is 2.45. The highest BCUT2D eigenvalue weighted by molar-refractivity contribution is 7.91. The summed E-state index contributed by atoms with van der Waals surface area (Å²) in [4.78, 5) is 23.8. The van der Waals surface area contributed by atoms with Crippen molar-refractivity contribution in [1.82, 2.24) is 3.89 Å². The highest BCUT2D eigenvalue weighted by Gasteiger charge is 2.55. The number of rotatable bonds is 3. The Hall–Kier alpha value is -3.17. The number of primary amides is 1. The zero-order valence-corrected chi connectivity index (χ0v) is 15.3. The quantitative estimate of drug-likeness (QED) is 0.685. The predicted molar refractivity (Wildman–Crippen MR) is 98.2 cm³/mol. The Kier molecular flexibility index (Phi) is 4.09. The normalized spacial score (nSPS) is 20.8. The van der Waals surface area contributed by atoms with E-state index < -0.39 is 37.2 Å². The predicted octanol–water partition coefficient (Wildman–Crippen LogP) is 1.74. The number of aryl methyl sites for hydroxylation is 1. The second-order valence-corrected chi connectivity index (χ2v) is 8.35. The smallest absolute Gasteiger partial charge is 0.342 e. The van der Waals surface area contributed by atoms with Crippen LogP contribution in [0.25, 0.3) is 5.76 Å². The second-order valence-electron chi connectivity index (χ2n) is 6.23.